The van der Waals surface area contributed by atoms with Crippen LogP contribution in [0.4, 0.5) is 0 Å². The molecule has 0 aliphatic carbocycles. The summed E-state index contributed by atoms with van der Waals surface area (Å²) in [5.74, 6) is 0. The van der Waals surface area contributed by atoms with E-state index in [0.29, 0.717) is 6.42 Å². The summed E-state index contributed by atoms with van der Waals surface area (Å²) in [6.07, 6.45) is 4.88. The molecule has 0 bridgehead atoms. The second kappa shape index (κ2) is 5.99. The van der Waals surface area contributed by atoms with Crippen molar-refractivity contribution in [2.24, 2.45) is 7.05 Å². The smallest absolute Gasteiger partial charge is 0.0793 e. The second-order valence-corrected chi connectivity index (χ2v) is 5.96. The number of aryl methyl sites for hydroxylation is 2. The molecule has 96 valence electrons. The fourth-order valence-corrected chi connectivity index (χ4v) is 2.43. The summed E-state index contributed by atoms with van der Waals surface area (Å²) >= 11 is 6.86. The lowest BCUT2D eigenvalue weighted by Gasteiger charge is -2.11. The predicted molar refractivity (Wildman–Crippen MR) is 78.3 cm³/mol. The number of benzene rings is 1. The van der Waals surface area contributed by atoms with E-state index in [1.165, 1.54) is 0 Å². The molecule has 1 unspecified atom stereocenters. The molecule has 0 saturated carbocycles. The molecule has 0 fully saturated rings. The van der Waals surface area contributed by atoms with Gasteiger partial charge in [0, 0.05) is 22.2 Å². The van der Waals surface area contributed by atoms with Crippen molar-refractivity contribution in [2.75, 3.05) is 0 Å². The van der Waals surface area contributed by atoms with E-state index in [2.05, 4.69) is 37.0 Å². The highest BCUT2D eigenvalue weighted by Crippen LogP contribution is 2.28. The molecule has 3 nitrogen and oxygen atoms in total. The topological polar surface area (TPSA) is 38.0 Å². The third-order valence-electron chi connectivity index (χ3n) is 2.79. The standard InChI is InChI=1S/C13H14Br2N2O/c1-17-8-9(7-16-17)2-5-13(18)10-3-4-11(14)12(15)6-10/h3-4,6-8,13,18H,2,5H2,1H3. The monoisotopic (exact) mass is 372 g/mol. The molecule has 18 heavy (non-hydrogen) atoms. The largest absolute Gasteiger partial charge is 0.388 e. The summed E-state index contributed by atoms with van der Waals surface area (Å²) in [7, 11) is 1.89. The first-order valence-corrected chi connectivity index (χ1v) is 7.25. The molecule has 1 aromatic carbocycles. The van der Waals surface area contributed by atoms with Gasteiger partial charge in [0.05, 0.1) is 12.3 Å². The van der Waals surface area contributed by atoms with E-state index in [1.807, 2.05) is 37.6 Å². The fourth-order valence-electron chi connectivity index (χ4n) is 1.79. The molecule has 0 radical (unpaired) electrons. The number of aliphatic hydroxyl groups excluding tert-OH is 1. The van der Waals surface area contributed by atoms with E-state index in [1.54, 1.807) is 4.68 Å². The molecule has 0 aliphatic heterocycles. The second-order valence-electron chi connectivity index (χ2n) is 4.25. The van der Waals surface area contributed by atoms with Crippen LogP contribution in [-0.4, -0.2) is 14.9 Å². The Hall–Kier alpha value is -0.650. The van der Waals surface area contributed by atoms with E-state index in [9.17, 15) is 5.11 Å². The number of aliphatic hydroxyl groups is 1. The maximum atomic E-state index is 10.1. The van der Waals surface area contributed by atoms with E-state index in [4.69, 9.17) is 0 Å². The average molecular weight is 374 g/mol. The Morgan fingerprint density at radius 2 is 2.11 bits per heavy atom. The summed E-state index contributed by atoms with van der Waals surface area (Å²) < 4.78 is 3.73. The summed E-state index contributed by atoms with van der Waals surface area (Å²) in [6.45, 7) is 0. The maximum Gasteiger partial charge on any atom is 0.0793 e. The molecule has 0 spiro atoms. The van der Waals surface area contributed by atoms with Gasteiger partial charge in [0.2, 0.25) is 0 Å². The average Bonchev–Trinajstić information content (AvgIpc) is 2.75. The lowest BCUT2D eigenvalue weighted by atomic mass is 10.0. The van der Waals surface area contributed by atoms with Crippen LogP contribution in [0.1, 0.15) is 23.7 Å². The highest BCUT2D eigenvalue weighted by molar-refractivity contribution is 9.13. The van der Waals surface area contributed by atoms with Crippen molar-refractivity contribution in [1.29, 1.82) is 0 Å². The Balaban J connectivity index is 1.99. The third-order valence-corrected chi connectivity index (χ3v) is 4.67. The maximum absolute atomic E-state index is 10.1. The molecule has 1 heterocycles. The van der Waals surface area contributed by atoms with Crippen molar-refractivity contribution < 1.29 is 5.11 Å². The van der Waals surface area contributed by atoms with Gasteiger partial charge in [0.1, 0.15) is 0 Å². The summed E-state index contributed by atoms with van der Waals surface area (Å²) in [5.41, 5.74) is 2.07. The minimum atomic E-state index is -0.449. The Labute approximate surface area is 123 Å². The summed E-state index contributed by atoms with van der Waals surface area (Å²) in [5, 5.41) is 14.3. The highest BCUT2D eigenvalue weighted by atomic mass is 79.9. The molecule has 0 aliphatic rings. The number of hydrogen-bond acceptors (Lipinski definition) is 2. The van der Waals surface area contributed by atoms with Gasteiger partial charge in [0.25, 0.3) is 0 Å². The molecule has 2 rings (SSSR count). The molecule has 1 aromatic heterocycles. The molecule has 1 N–H and O–H groups in total. The van der Waals surface area contributed by atoms with Gasteiger partial charge in [-0.2, -0.15) is 5.10 Å². The van der Waals surface area contributed by atoms with Crippen molar-refractivity contribution >= 4 is 31.9 Å². The van der Waals surface area contributed by atoms with Gasteiger partial charge in [0.15, 0.2) is 0 Å². The highest BCUT2D eigenvalue weighted by Gasteiger charge is 2.10. The first kappa shape index (κ1) is 13.8. The zero-order valence-electron chi connectivity index (χ0n) is 9.98. The molecule has 0 saturated heterocycles. The van der Waals surface area contributed by atoms with Crippen molar-refractivity contribution in [1.82, 2.24) is 9.78 Å². The Morgan fingerprint density at radius 1 is 1.33 bits per heavy atom. The van der Waals surface area contributed by atoms with Crippen LogP contribution in [0.5, 0.6) is 0 Å². The van der Waals surface area contributed by atoms with Crippen LogP contribution in [-0.2, 0) is 13.5 Å². The molecule has 5 heteroatoms. The number of rotatable bonds is 4. The SMILES string of the molecule is Cn1cc(CCC(O)c2ccc(Br)c(Br)c2)cn1. The quantitative estimate of drug-likeness (QED) is 0.888. The van der Waals surface area contributed by atoms with Gasteiger partial charge in [-0.3, -0.25) is 4.68 Å². The van der Waals surface area contributed by atoms with Crippen LogP contribution in [0.3, 0.4) is 0 Å². The first-order chi connectivity index (χ1) is 8.56. The van der Waals surface area contributed by atoms with E-state index < -0.39 is 6.10 Å². The van der Waals surface area contributed by atoms with Gasteiger partial charge in [-0.05, 0) is 68.0 Å². The Morgan fingerprint density at radius 3 is 2.72 bits per heavy atom. The minimum absolute atomic E-state index is 0.449. The van der Waals surface area contributed by atoms with Gasteiger partial charge in [-0.25, -0.2) is 0 Å². The lowest BCUT2D eigenvalue weighted by Crippen LogP contribution is -1.99. The Kier molecular flexibility index (Phi) is 4.59. The Bertz CT molecular complexity index is 540. The van der Waals surface area contributed by atoms with E-state index in [-0.39, 0.29) is 0 Å². The third kappa shape index (κ3) is 3.43. The van der Waals surface area contributed by atoms with Crippen LogP contribution in [0.15, 0.2) is 39.5 Å². The zero-order chi connectivity index (χ0) is 13.1. The van der Waals surface area contributed by atoms with Crippen LogP contribution >= 0.6 is 31.9 Å². The van der Waals surface area contributed by atoms with Crippen LogP contribution in [0, 0.1) is 0 Å². The van der Waals surface area contributed by atoms with E-state index >= 15 is 0 Å². The van der Waals surface area contributed by atoms with Gasteiger partial charge < -0.3 is 5.11 Å². The van der Waals surface area contributed by atoms with Crippen molar-refractivity contribution in [3.8, 4) is 0 Å². The predicted octanol–water partition coefficient (Wildman–Crippen LogP) is 3.61. The fraction of sp³-hybridized carbons (Fsp3) is 0.308. The number of aromatic nitrogens is 2. The van der Waals surface area contributed by atoms with Crippen molar-refractivity contribution in [3.63, 3.8) is 0 Å². The summed E-state index contributed by atoms with van der Waals surface area (Å²) in [4.78, 5) is 0. The normalized spacial score (nSPS) is 12.7. The number of halogens is 2. The molecule has 2 aromatic rings. The van der Waals surface area contributed by atoms with Crippen molar-refractivity contribution in [3.05, 3.63) is 50.7 Å². The lowest BCUT2D eigenvalue weighted by molar-refractivity contribution is 0.168. The van der Waals surface area contributed by atoms with Crippen molar-refractivity contribution in [2.45, 2.75) is 18.9 Å². The number of nitrogens with zero attached hydrogens (tertiary/aromatic N) is 2. The van der Waals surface area contributed by atoms with Gasteiger partial charge in [-0.15, -0.1) is 0 Å². The number of hydrogen-bond donors (Lipinski definition) is 1. The summed E-state index contributed by atoms with van der Waals surface area (Å²) in [6, 6.07) is 5.81. The molecule has 1 atom stereocenters. The zero-order valence-corrected chi connectivity index (χ0v) is 13.1. The van der Waals surface area contributed by atoms with Crippen LogP contribution in [0.25, 0.3) is 0 Å². The van der Waals surface area contributed by atoms with Gasteiger partial charge in [-0.1, -0.05) is 6.07 Å². The van der Waals surface area contributed by atoms with E-state index in [0.717, 1.165) is 26.5 Å². The first-order valence-electron chi connectivity index (χ1n) is 5.67. The van der Waals surface area contributed by atoms with Crippen LogP contribution in [0.2, 0.25) is 0 Å². The minimum Gasteiger partial charge on any atom is -0.388 e. The molecular formula is C13H14Br2N2O. The van der Waals surface area contributed by atoms with Crippen LogP contribution < -0.4 is 0 Å². The van der Waals surface area contributed by atoms with Gasteiger partial charge >= 0.3 is 0 Å². The molecular weight excluding hydrogens is 360 g/mol. The molecule has 0 amide bonds.